The molecule has 0 saturated carbocycles. The van der Waals surface area contributed by atoms with Crippen LogP contribution in [0.15, 0.2) is 24.3 Å². The summed E-state index contributed by atoms with van der Waals surface area (Å²) in [7, 11) is 0. The van der Waals surface area contributed by atoms with Crippen molar-refractivity contribution in [2.45, 2.75) is 52.5 Å². The summed E-state index contributed by atoms with van der Waals surface area (Å²) in [4.78, 5) is 12.1. The van der Waals surface area contributed by atoms with E-state index >= 15 is 0 Å². The Kier molecular flexibility index (Phi) is 8.60. The van der Waals surface area contributed by atoms with E-state index in [1.807, 2.05) is 24.3 Å². The van der Waals surface area contributed by atoms with Crippen LogP contribution < -0.4 is 15.8 Å². The van der Waals surface area contributed by atoms with E-state index in [0.29, 0.717) is 31.9 Å². The van der Waals surface area contributed by atoms with Gasteiger partial charge in [0.2, 0.25) is 5.91 Å². The normalized spacial score (nSPS) is 12.2. The maximum Gasteiger partial charge on any atom is 0.220 e. The van der Waals surface area contributed by atoms with Gasteiger partial charge in [0.15, 0.2) is 0 Å². The molecule has 0 aliphatic heterocycles. The van der Waals surface area contributed by atoms with E-state index in [2.05, 4.69) is 26.1 Å². The van der Waals surface area contributed by atoms with Gasteiger partial charge < -0.3 is 15.8 Å². The highest BCUT2D eigenvalue weighted by atomic mass is 16.5. The van der Waals surface area contributed by atoms with E-state index in [1.165, 1.54) is 0 Å². The van der Waals surface area contributed by atoms with Gasteiger partial charge >= 0.3 is 0 Å². The molecule has 22 heavy (non-hydrogen) atoms. The number of rotatable bonds is 10. The zero-order valence-corrected chi connectivity index (χ0v) is 14.1. The molecule has 124 valence electrons. The molecular formula is C18H30N2O2. The molecule has 3 N–H and O–H groups in total. The van der Waals surface area contributed by atoms with Gasteiger partial charge in [-0.1, -0.05) is 39.0 Å². The van der Waals surface area contributed by atoms with Crippen molar-refractivity contribution in [3.63, 3.8) is 0 Å². The van der Waals surface area contributed by atoms with Gasteiger partial charge in [-0.05, 0) is 37.8 Å². The van der Waals surface area contributed by atoms with Crippen molar-refractivity contribution in [2.75, 3.05) is 13.2 Å². The van der Waals surface area contributed by atoms with Gasteiger partial charge in [-0.3, -0.25) is 4.79 Å². The van der Waals surface area contributed by atoms with Gasteiger partial charge in [-0.15, -0.1) is 0 Å². The molecule has 1 rings (SSSR count). The Morgan fingerprint density at radius 2 is 2.05 bits per heavy atom. The Bertz CT molecular complexity index is 446. The van der Waals surface area contributed by atoms with Crippen molar-refractivity contribution in [1.82, 2.24) is 5.32 Å². The van der Waals surface area contributed by atoms with Crippen molar-refractivity contribution in [1.29, 1.82) is 0 Å². The fourth-order valence-corrected chi connectivity index (χ4v) is 2.38. The molecule has 0 bridgehead atoms. The molecule has 1 aromatic carbocycles. The number of ether oxygens (including phenoxy) is 1. The van der Waals surface area contributed by atoms with Crippen LogP contribution in [0.25, 0.3) is 0 Å². The average Bonchev–Trinajstić information content (AvgIpc) is 2.50. The van der Waals surface area contributed by atoms with E-state index < -0.39 is 0 Å². The molecule has 0 heterocycles. The minimum Gasteiger partial charge on any atom is -0.493 e. The number of benzene rings is 1. The lowest BCUT2D eigenvalue weighted by atomic mass is 9.96. The number of nitrogens with two attached hydrogens (primary N) is 1. The quantitative estimate of drug-likeness (QED) is 0.696. The third-order valence-corrected chi connectivity index (χ3v) is 3.41. The minimum atomic E-state index is -0.0154. The number of hydrogen-bond donors (Lipinski definition) is 2. The lowest BCUT2D eigenvalue weighted by molar-refractivity contribution is -0.122. The molecule has 1 atom stereocenters. The second-order valence-corrected chi connectivity index (χ2v) is 6.03. The zero-order chi connectivity index (χ0) is 16.4. The van der Waals surface area contributed by atoms with E-state index in [-0.39, 0.29) is 11.9 Å². The average molecular weight is 306 g/mol. The van der Waals surface area contributed by atoms with E-state index in [4.69, 9.17) is 10.5 Å². The largest absolute Gasteiger partial charge is 0.493 e. The van der Waals surface area contributed by atoms with Crippen LogP contribution in [-0.4, -0.2) is 19.1 Å². The van der Waals surface area contributed by atoms with Gasteiger partial charge in [0.05, 0.1) is 12.6 Å². The monoisotopic (exact) mass is 306 g/mol. The SMILES string of the molecule is CCCOc1ccccc1C(CC(C)C)NC(=O)CCCN. The summed E-state index contributed by atoms with van der Waals surface area (Å²) in [5, 5.41) is 3.14. The van der Waals surface area contributed by atoms with Gasteiger partial charge in [-0.25, -0.2) is 0 Å². The van der Waals surface area contributed by atoms with Crippen molar-refractivity contribution < 1.29 is 9.53 Å². The molecule has 1 aromatic rings. The summed E-state index contributed by atoms with van der Waals surface area (Å²) in [6, 6.07) is 7.97. The topological polar surface area (TPSA) is 64.3 Å². The van der Waals surface area contributed by atoms with Gasteiger partial charge in [0.25, 0.3) is 0 Å². The van der Waals surface area contributed by atoms with E-state index in [0.717, 1.165) is 24.2 Å². The van der Waals surface area contributed by atoms with Crippen molar-refractivity contribution in [2.24, 2.45) is 11.7 Å². The summed E-state index contributed by atoms with van der Waals surface area (Å²) < 4.78 is 5.84. The first-order chi connectivity index (χ1) is 10.6. The summed E-state index contributed by atoms with van der Waals surface area (Å²) in [6.07, 6.45) is 3.05. The molecule has 0 aliphatic rings. The van der Waals surface area contributed by atoms with Crippen LogP contribution in [0, 0.1) is 5.92 Å². The molecule has 4 heteroatoms. The van der Waals surface area contributed by atoms with Crippen molar-refractivity contribution in [3.05, 3.63) is 29.8 Å². The standard InChI is InChI=1S/C18H30N2O2/c1-4-12-22-17-9-6-5-8-15(17)16(13-14(2)3)20-18(21)10-7-11-19/h5-6,8-9,14,16H,4,7,10-13,19H2,1-3H3,(H,20,21). The predicted octanol–water partition coefficient (Wildman–Crippen LogP) is 3.42. The Hall–Kier alpha value is -1.55. The number of carbonyl (C=O) groups excluding carboxylic acids is 1. The fourth-order valence-electron chi connectivity index (χ4n) is 2.38. The third kappa shape index (κ3) is 6.48. The Morgan fingerprint density at radius 3 is 2.68 bits per heavy atom. The highest BCUT2D eigenvalue weighted by molar-refractivity contribution is 5.76. The summed E-state index contributed by atoms with van der Waals surface area (Å²) in [5.41, 5.74) is 6.54. The van der Waals surface area contributed by atoms with Crippen LogP contribution in [0.1, 0.15) is 58.1 Å². The number of nitrogens with one attached hydrogen (secondary N) is 1. The molecule has 0 fully saturated rings. The molecule has 4 nitrogen and oxygen atoms in total. The van der Waals surface area contributed by atoms with Crippen LogP contribution >= 0.6 is 0 Å². The summed E-state index contributed by atoms with van der Waals surface area (Å²) in [5.74, 6) is 1.41. The van der Waals surface area contributed by atoms with Crippen LogP contribution in [0.3, 0.4) is 0 Å². The van der Waals surface area contributed by atoms with Crippen LogP contribution in [0.4, 0.5) is 0 Å². The Morgan fingerprint density at radius 1 is 1.32 bits per heavy atom. The number of amides is 1. The maximum atomic E-state index is 12.1. The smallest absolute Gasteiger partial charge is 0.220 e. The van der Waals surface area contributed by atoms with Crippen molar-refractivity contribution >= 4 is 5.91 Å². The maximum absolute atomic E-state index is 12.1. The number of carbonyl (C=O) groups is 1. The minimum absolute atomic E-state index is 0.0154. The van der Waals surface area contributed by atoms with Gasteiger partial charge in [0.1, 0.15) is 5.75 Å². The first-order valence-electron chi connectivity index (χ1n) is 8.29. The van der Waals surface area contributed by atoms with Crippen LogP contribution in [0.5, 0.6) is 5.75 Å². The Balaban J connectivity index is 2.88. The lowest BCUT2D eigenvalue weighted by Gasteiger charge is -2.23. The second-order valence-electron chi connectivity index (χ2n) is 6.03. The Labute approximate surface area is 134 Å². The molecule has 0 spiro atoms. The molecule has 0 aliphatic carbocycles. The third-order valence-electron chi connectivity index (χ3n) is 3.41. The predicted molar refractivity (Wildman–Crippen MR) is 90.9 cm³/mol. The van der Waals surface area contributed by atoms with Crippen LogP contribution in [-0.2, 0) is 4.79 Å². The highest BCUT2D eigenvalue weighted by Crippen LogP contribution is 2.29. The number of para-hydroxylation sites is 1. The summed E-state index contributed by atoms with van der Waals surface area (Å²) >= 11 is 0. The first-order valence-corrected chi connectivity index (χ1v) is 8.29. The van der Waals surface area contributed by atoms with Gasteiger partial charge in [-0.2, -0.15) is 0 Å². The van der Waals surface area contributed by atoms with Crippen LogP contribution in [0.2, 0.25) is 0 Å². The second kappa shape index (κ2) is 10.2. The molecule has 0 aromatic heterocycles. The van der Waals surface area contributed by atoms with Gasteiger partial charge in [0, 0.05) is 12.0 Å². The molecular weight excluding hydrogens is 276 g/mol. The zero-order valence-electron chi connectivity index (χ0n) is 14.1. The molecule has 1 unspecified atom stereocenters. The molecule has 1 amide bonds. The van der Waals surface area contributed by atoms with E-state index in [1.54, 1.807) is 0 Å². The van der Waals surface area contributed by atoms with Crippen molar-refractivity contribution in [3.8, 4) is 5.75 Å². The first kappa shape index (κ1) is 18.5. The van der Waals surface area contributed by atoms with E-state index in [9.17, 15) is 4.79 Å². The number of hydrogen-bond acceptors (Lipinski definition) is 3. The molecule has 0 radical (unpaired) electrons. The fraction of sp³-hybridized carbons (Fsp3) is 0.611. The molecule has 0 saturated heterocycles. The lowest BCUT2D eigenvalue weighted by Crippen LogP contribution is -2.30. The highest BCUT2D eigenvalue weighted by Gasteiger charge is 2.19. The summed E-state index contributed by atoms with van der Waals surface area (Å²) in [6.45, 7) is 7.64.